The predicted molar refractivity (Wildman–Crippen MR) is 64.7 cm³/mol. The molecule has 2 N–H and O–H groups in total. The van der Waals surface area contributed by atoms with Gasteiger partial charge in [-0.2, -0.15) is 0 Å². The minimum absolute atomic E-state index is 0.0157. The number of nitrogens with zero attached hydrogens (tertiary/aromatic N) is 1. The second kappa shape index (κ2) is 6.59. The number of nitrogens with one attached hydrogen (secondary N) is 1. The molecule has 1 amide bonds. The first-order valence-electron chi connectivity index (χ1n) is 6.28. The summed E-state index contributed by atoms with van der Waals surface area (Å²) in [6, 6.07) is -0.132. The van der Waals surface area contributed by atoms with Gasteiger partial charge in [0.05, 0.1) is 12.5 Å². The van der Waals surface area contributed by atoms with Crippen molar-refractivity contribution >= 4 is 11.9 Å². The second-order valence-corrected chi connectivity index (χ2v) is 4.70. The second-order valence-electron chi connectivity index (χ2n) is 4.70. The Morgan fingerprint density at radius 3 is 2.71 bits per heavy atom. The van der Waals surface area contributed by atoms with Crippen LogP contribution in [0, 0.1) is 5.92 Å². The van der Waals surface area contributed by atoms with Crippen LogP contribution in [0.15, 0.2) is 0 Å². The summed E-state index contributed by atoms with van der Waals surface area (Å²) in [6.45, 7) is 5.77. The van der Waals surface area contributed by atoms with Crippen LogP contribution in [-0.4, -0.2) is 47.6 Å². The van der Waals surface area contributed by atoms with Gasteiger partial charge in [-0.05, 0) is 32.2 Å². The highest BCUT2D eigenvalue weighted by molar-refractivity contribution is 5.82. The number of hydrogen-bond acceptors (Lipinski definition) is 3. The molecule has 1 aliphatic rings. The number of carbonyl (C=O) groups is 2. The van der Waals surface area contributed by atoms with Crippen molar-refractivity contribution < 1.29 is 14.7 Å². The molecule has 0 saturated carbocycles. The Balaban J connectivity index is 2.49. The van der Waals surface area contributed by atoms with Crippen LogP contribution in [0.4, 0.5) is 0 Å². The fourth-order valence-electron chi connectivity index (χ4n) is 2.17. The summed E-state index contributed by atoms with van der Waals surface area (Å²) < 4.78 is 0. The summed E-state index contributed by atoms with van der Waals surface area (Å²) in [5.74, 6) is -0.259. The monoisotopic (exact) mass is 242 g/mol. The average Bonchev–Trinajstić information content (AvgIpc) is 2.29. The van der Waals surface area contributed by atoms with Gasteiger partial charge in [0.15, 0.2) is 0 Å². The van der Waals surface area contributed by atoms with Gasteiger partial charge < -0.3 is 15.3 Å². The fraction of sp³-hybridized carbons (Fsp3) is 0.833. The normalized spacial score (nSPS) is 24.4. The third-order valence-electron chi connectivity index (χ3n) is 3.25. The molecule has 2 unspecified atom stereocenters. The molecule has 0 aliphatic carbocycles. The van der Waals surface area contributed by atoms with E-state index >= 15 is 0 Å². The Kier molecular flexibility index (Phi) is 5.41. The van der Waals surface area contributed by atoms with Gasteiger partial charge in [0, 0.05) is 13.1 Å². The molecule has 0 bridgehead atoms. The molecule has 17 heavy (non-hydrogen) atoms. The van der Waals surface area contributed by atoms with E-state index in [0.29, 0.717) is 19.0 Å². The molecule has 5 heteroatoms. The Labute approximate surface area is 102 Å². The number of carbonyl (C=O) groups excluding carboxylic acids is 1. The van der Waals surface area contributed by atoms with E-state index in [-0.39, 0.29) is 18.4 Å². The Bertz CT molecular complexity index is 281. The van der Waals surface area contributed by atoms with E-state index < -0.39 is 5.97 Å². The lowest BCUT2D eigenvalue weighted by atomic mass is 9.93. The standard InChI is InChI=1S/C12H22N2O3/c1-3-14(7-5-11(15)16)12(17)10-8-9(2)4-6-13-10/h9-10,13H,3-8H2,1-2H3,(H,15,16). The number of likely N-dealkylation sites (N-methyl/N-ethyl adjacent to an activating group) is 1. The summed E-state index contributed by atoms with van der Waals surface area (Å²) in [7, 11) is 0. The van der Waals surface area contributed by atoms with Crippen molar-refractivity contribution in [1.82, 2.24) is 10.2 Å². The summed E-state index contributed by atoms with van der Waals surface area (Å²) in [5.41, 5.74) is 0. The Hall–Kier alpha value is -1.10. The van der Waals surface area contributed by atoms with Crippen LogP contribution in [0.5, 0.6) is 0 Å². The molecule has 0 aromatic carbocycles. The smallest absolute Gasteiger partial charge is 0.305 e. The van der Waals surface area contributed by atoms with Crippen molar-refractivity contribution in [3.63, 3.8) is 0 Å². The van der Waals surface area contributed by atoms with Crippen molar-refractivity contribution in [3.8, 4) is 0 Å². The molecule has 1 rings (SSSR count). The van der Waals surface area contributed by atoms with Crippen LogP contribution in [0.3, 0.4) is 0 Å². The molecule has 1 heterocycles. The number of carboxylic acids is 1. The summed E-state index contributed by atoms with van der Waals surface area (Å²) in [4.78, 5) is 24.3. The van der Waals surface area contributed by atoms with Gasteiger partial charge in [-0.25, -0.2) is 0 Å². The maximum absolute atomic E-state index is 12.2. The van der Waals surface area contributed by atoms with Gasteiger partial charge >= 0.3 is 5.97 Å². The van der Waals surface area contributed by atoms with E-state index in [1.165, 1.54) is 0 Å². The van der Waals surface area contributed by atoms with Crippen molar-refractivity contribution in [2.24, 2.45) is 5.92 Å². The van der Waals surface area contributed by atoms with E-state index in [2.05, 4.69) is 12.2 Å². The highest BCUT2D eigenvalue weighted by Crippen LogP contribution is 2.16. The zero-order valence-electron chi connectivity index (χ0n) is 10.6. The maximum Gasteiger partial charge on any atom is 0.305 e. The molecule has 1 fully saturated rings. The molecule has 1 saturated heterocycles. The first-order valence-corrected chi connectivity index (χ1v) is 6.28. The van der Waals surface area contributed by atoms with Gasteiger partial charge in [0.2, 0.25) is 5.91 Å². The van der Waals surface area contributed by atoms with Gasteiger partial charge in [-0.15, -0.1) is 0 Å². The minimum Gasteiger partial charge on any atom is -0.481 e. The third-order valence-corrected chi connectivity index (χ3v) is 3.25. The lowest BCUT2D eigenvalue weighted by molar-refractivity contribution is -0.139. The van der Waals surface area contributed by atoms with Crippen LogP contribution in [0.2, 0.25) is 0 Å². The number of piperidine rings is 1. The zero-order chi connectivity index (χ0) is 12.8. The molecular formula is C12H22N2O3. The van der Waals surface area contributed by atoms with Crippen LogP contribution in [-0.2, 0) is 9.59 Å². The molecule has 0 aromatic heterocycles. The Morgan fingerprint density at radius 2 is 2.18 bits per heavy atom. The van der Waals surface area contributed by atoms with Gasteiger partial charge in [0.25, 0.3) is 0 Å². The molecule has 0 radical (unpaired) electrons. The van der Waals surface area contributed by atoms with Crippen LogP contribution < -0.4 is 5.32 Å². The SMILES string of the molecule is CCN(CCC(=O)O)C(=O)C1CC(C)CCN1. The zero-order valence-corrected chi connectivity index (χ0v) is 10.6. The minimum atomic E-state index is -0.860. The molecule has 0 aromatic rings. The fourth-order valence-corrected chi connectivity index (χ4v) is 2.17. The highest BCUT2D eigenvalue weighted by Gasteiger charge is 2.27. The van der Waals surface area contributed by atoms with Crippen LogP contribution in [0.25, 0.3) is 0 Å². The molecule has 2 atom stereocenters. The van der Waals surface area contributed by atoms with E-state index in [1.54, 1.807) is 4.90 Å². The van der Waals surface area contributed by atoms with Crippen LogP contribution in [0.1, 0.15) is 33.1 Å². The molecular weight excluding hydrogens is 220 g/mol. The van der Waals surface area contributed by atoms with Crippen molar-refractivity contribution in [2.45, 2.75) is 39.2 Å². The van der Waals surface area contributed by atoms with Gasteiger partial charge in [-0.3, -0.25) is 9.59 Å². The average molecular weight is 242 g/mol. The summed E-state index contributed by atoms with van der Waals surface area (Å²) in [6.07, 6.45) is 1.97. The van der Waals surface area contributed by atoms with E-state index in [9.17, 15) is 9.59 Å². The van der Waals surface area contributed by atoms with E-state index in [1.807, 2.05) is 6.92 Å². The number of aliphatic carboxylic acids is 1. The summed E-state index contributed by atoms with van der Waals surface area (Å²) in [5, 5.41) is 11.9. The number of carboxylic acid groups (broad SMARTS) is 1. The van der Waals surface area contributed by atoms with Crippen molar-refractivity contribution in [2.75, 3.05) is 19.6 Å². The van der Waals surface area contributed by atoms with Gasteiger partial charge in [0.1, 0.15) is 0 Å². The first kappa shape index (κ1) is 14.0. The van der Waals surface area contributed by atoms with E-state index in [4.69, 9.17) is 5.11 Å². The largest absolute Gasteiger partial charge is 0.481 e. The molecule has 1 aliphatic heterocycles. The topological polar surface area (TPSA) is 69.6 Å². The summed E-state index contributed by atoms with van der Waals surface area (Å²) >= 11 is 0. The first-order chi connectivity index (χ1) is 8.04. The lowest BCUT2D eigenvalue weighted by Gasteiger charge is -2.31. The molecule has 5 nitrogen and oxygen atoms in total. The van der Waals surface area contributed by atoms with Crippen LogP contribution >= 0.6 is 0 Å². The maximum atomic E-state index is 12.2. The highest BCUT2D eigenvalue weighted by atomic mass is 16.4. The predicted octanol–water partition coefficient (Wildman–Crippen LogP) is 0.698. The van der Waals surface area contributed by atoms with Gasteiger partial charge in [-0.1, -0.05) is 6.92 Å². The lowest BCUT2D eigenvalue weighted by Crippen LogP contribution is -2.50. The third kappa shape index (κ3) is 4.34. The molecule has 98 valence electrons. The Morgan fingerprint density at radius 1 is 1.47 bits per heavy atom. The van der Waals surface area contributed by atoms with Crippen molar-refractivity contribution in [3.05, 3.63) is 0 Å². The number of hydrogen-bond donors (Lipinski definition) is 2. The number of rotatable bonds is 5. The quantitative estimate of drug-likeness (QED) is 0.744. The molecule has 0 spiro atoms. The number of amides is 1. The van der Waals surface area contributed by atoms with Crippen molar-refractivity contribution in [1.29, 1.82) is 0 Å². The van der Waals surface area contributed by atoms with E-state index in [0.717, 1.165) is 19.4 Å².